The van der Waals surface area contributed by atoms with E-state index in [1.165, 1.54) is 0 Å². The Labute approximate surface area is 193 Å². The van der Waals surface area contributed by atoms with Crippen molar-refractivity contribution in [2.45, 2.75) is 55.4 Å². The van der Waals surface area contributed by atoms with Gasteiger partial charge in [0.05, 0.1) is 47.2 Å². The Kier molecular flexibility index (Phi) is 4.56. The van der Waals surface area contributed by atoms with E-state index in [4.69, 9.17) is 49.7 Å². The van der Waals surface area contributed by atoms with Crippen molar-refractivity contribution < 1.29 is 9.47 Å². The molecule has 158 valence electrons. The van der Waals surface area contributed by atoms with Crippen LogP contribution in [0.15, 0.2) is 6.20 Å². The van der Waals surface area contributed by atoms with Gasteiger partial charge in [0.1, 0.15) is 5.69 Å². The molecule has 1 saturated heterocycles. The van der Waals surface area contributed by atoms with Gasteiger partial charge in [0.25, 0.3) is 5.88 Å². The molecule has 5 heterocycles. The van der Waals surface area contributed by atoms with Crippen LogP contribution in [0.5, 0.6) is 5.88 Å². The van der Waals surface area contributed by atoms with E-state index in [0.29, 0.717) is 65.6 Å². The molecule has 2 bridgehead atoms. The Morgan fingerprint density at radius 2 is 2.06 bits per heavy atom. The molecular weight excluding hydrogens is 426 g/mol. The molecule has 3 aromatic heterocycles. The number of hydrogen-bond acceptors (Lipinski definition) is 7. The molecule has 13 heteroatoms. The van der Waals surface area contributed by atoms with Crippen LogP contribution >= 0.6 is 11.6 Å². The number of aromatic nitrogens is 6. The highest BCUT2D eigenvalue weighted by molar-refractivity contribution is 6.59. The fraction of sp³-hybridized carbons (Fsp3) is 0.579. The average molecular weight is 445 g/mol. The van der Waals surface area contributed by atoms with Crippen molar-refractivity contribution in [3.8, 4) is 5.88 Å². The Hall–Kier alpha value is -2.20. The van der Waals surface area contributed by atoms with Crippen LogP contribution < -0.4 is 10.1 Å². The molecule has 1 atom stereocenters. The summed E-state index contributed by atoms with van der Waals surface area (Å²) in [5.74, 6) is 0.682. The van der Waals surface area contributed by atoms with E-state index in [1.807, 2.05) is 4.68 Å². The first-order valence-corrected chi connectivity index (χ1v) is 11.1. The van der Waals surface area contributed by atoms with Crippen LogP contribution in [-0.4, -0.2) is 71.9 Å². The molecule has 32 heavy (non-hydrogen) atoms. The lowest BCUT2D eigenvalue weighted by molar-refractivity contribution is -0.0275. The maximum absolute atomic E-state index is 6.25. The summed E-state index contributed by atoms with van der Waals surface area (Å²) in [6.07, 6.45) is 6.03. The zero-order valence-corrected chi connectivity index (χ0v) is 18.2. The van der Waals surface area contributed by atoms with E-state index >= 15 is 0 Å². The number of aryl methyl sites for hydroxylation is 1. The minimum absolute atomic E-state index is 0.0470. The first-order chi connectivity index (χ1) is 15.3. The Morgan fingerprint density at radius 3 is 2.84 bits per heavy atom. The topological polar surface area (TPSA) is 91.9 Å². The number of fused-ring (bicyclic) bond motifs is 2. The largest absolute Gasteiger partial charge is 0.475 e. The minimum atomic E-state index is -1.67. The number of nitrogens with one attached hydrogen (secondary N) is 1. The summed E-state index contributed by atoms with van der Waals surface area (Å²) in [5.41, 5.74) is 1.47. The van der Waals surface area contributed by atoms with Crippen molar-refractivity contribution in [2.24, 2.45) is 0 Å². The molecule has 2 fully saturated rings. The van der Waals surface area contributed by atoms with Crippen molar-refractivity contribution in [3.05, 3.63) is 17.0 Å². The molecule has 1 aliphatic carbocycles. The lowest BCUT2D eigenvalue weighted by Gasteiger charge is -2.33. The van der Waals surface area contributed by atoms with Crippen LogP contribution in [0.25, 0.3) is 11.0 Å². The van der Waals surface area contributed by atoms with Crippen LogP contribution in [-0.2, 0) is 16.4 Å². The van der Waals surface area contributed by atoms with Crippen LogP contribution in [0, 0.1) is 0 Å². The maximum Gasteiger partial charge on any atom is 0.257 e. The van der Waals surface area contributed by atoms with Crippen LogP contribution in [0.2, 0.25) is 5.15 Å². The molecule has 1 saturated carbocycles. The number of anilines is 2. The zero-order chi connectivity index (χ0) is 22.1. The molecule has 1 spiro atoms. The molecular formula is C19H19B3ClN7O2. The summed E-state index contributed by atoms with van der Waals surface area (Å²) >= 11 is 6.25. The van der Waals surface area contributed by atoms with Crippen molar-refractivity contribution in [3.63, 3.8) is 0 Å². The van der Waals surface area contributed by atoms with Crippen LogP contribution in [0.1, 0.15) is 43.8 Å². The standard InChI is InChI=1S/C19H19B3ClN7O2/c20-19(21,22)13-12-16(28-30(13)10-2-7-32-18(8-10)3-4-18)31-6-1-5-29-15-11(14(23)27-29)9-24-17(25-12)26-15/h9-10H,1-8H2,(H,24,25,26). The minimum Gasteiger partial charge on any atom is -0.475 e. The molecule has 2 aliphatic heterocycles. The number of halogens is 1. The Balaban J connectivity index is 1.47. The van der Waals surface area contributed by atoms with E-state index in [-0.39, 0.29) is 11.6 Å². The average Bonchev–Trinajstić information content (AvgIpc) is 3.26. The van der Waals surface area contributed by atoms with Crippen molar-refractivity contribution in [1.29, 1.82) is 0 Å². The highest BCUT2D eigenvalue weighted by Gasteiger charge is 2.49. The lowest BCUT2D eigenvalue weighted by atomic mass is 9.41. The Morgan fingerprint density at radius 1 is 1.22 bits per heavy atom. The molecule has 6 rings (SSSR count). The predicted octanol–water partition coefficient (Wildman–Crippen LogP) is 1.70. The van der Waals surface area contributed by atoms with Crippen molar-refractivity contribution in [1.82, 2.24) is 29.5 Å². The second-order valence-corrected chi connectivity index (χ2v) is 9.21. The summed E-state index contributed by atoms with van der Waals surface area (Å²) in [6.45, 7) is 1.64. The van der Waals surface area contributed by atoms with Gasteiger partial charge in [0, 0.05) is 31.5 Å². The highest BCUT2D eigenvalue weighted by Crippen LogP contribution is 2.50. The summed E-state index contributed by atoms with van der Waals surface area (Å²) in [4.78, 5) is 9.01. The number of ether oxygens (including phenoxy) is 2. The summed E-state index contributed by atoms with van der Waals surface area (Å²) in [5, 5.41) is 11.7. The molecule has 6 radical (unpaired) electrons. The second kappa shape index (κ2) is 7.15. The molecule has 1 N–H and O–H groups in total. The van der Waals surface area contributed by atoms with E-state index in [0.717, 1.165) is 25.7 Å². The summed E-state index contributed by atoms with van der Waals surface area (Å²) in [7, 11) is 18.7. The van der Waals surface area contributed by atoms with Gasteiger partial charge < -0.3 is 14.8 Å². The fourth-order valence-electron chi connectivity index (χ4n) is 4.64. The molecule has 9 nitrogen and oxygen atoms in total. The van der Waals surface area contributed by atoms with E-state index in [9.17, 15) is 0 Å². The second-order valence-electron chi connectivity index (χ2n) is 8.86. The molecule has 0 amide bonds. The molecule has 0 aromatic carbocycles. The monoisotopic (exact) mass is 445 g/mol. The first-order valence-electron chi connectivity index (χ1n) is 10.8. The smallest absolute Gasteiger partial charge is 0.257 e. The van der Waals surface area contributed by atoms with Gasteiger partial charge in [-0.1, -0.05) is 16.7 Å². The quantitative estimate of drug-likeness (QED) is 0.601. The normalized spacial score (nSPS) is 22.2. The third-order valence-corrected chi connectivity index (χ3v) is 6.62. The molecule has 3 aromatic rings. The van der Waals surface area contributed by atoms with E-state index < -0.39 is 5.11 Å². The molecule has 3 aliphatic rings. The van der Waals surface area contributed by atoms with Crippen LogP contribution in [0.3, 0.4) is 0 Å². The summed E-state index contributed by atoms with van der Waals surface area (Å²) < 4.78 is 15.6. The third-order valence-electron chi connectivity index (χ3n) is 6.34. The van der Waals surface area contributed by atoms with Gasteiger partial charge in [-0.3, -0.25) is 4.68 Å². The molecule has 1 unspecified atom stereocenters. The van der Waals surface area contributed by atoms with Gasteiger partial charge in [-0.15, -0.1) is 5.10 Å². The number of nitrogens with zero attached hydrogens (tertiary/aromatic N) is 6. The fourth-order valence-corrected chi connectivity index (χ4v) is 4.86. The van der Waals surface area contributed by atoms with Gasteiger partial charge >= 0.3 is 0 Å². The van der Waals surface area contributed by atoms with Crippen molar-refractivity contribution >= 4 is 57.8 Å². The third kappa shape index (κ3) is 3.39. The van der Waals surface area contributed by atoms with Gasteiger partial charge in [-0.2, -0.15) is 10.1 Å². The highest BCUT2D eigenvalue weighted by atomic mass is 35.5. The van der Waals surface area contributed by atoms with Crippen molar-refractivity contribution in [2.75, 3.05) is 18.5 Å². The predicted molar refractivity (Wildman–Crippen MR) is 121 cm³/mol. The number of rotatable bonds is 2. The zero-order valence-electron chi connectivity index (χ0n) is 17.4. The lowest BCUT2D eigenvalue weighted by Crippen LogP contribution is -2.36. The van der Waals surface area contributed by atoms with Gasteiger partial charge in [-0.25, -0.2) is 9.67 Å². The van der Waals surface area contributed by atoms with E-state index in [2.05, 4.69) is 20.4 Å². The number of hydrogen-bond donors (Lipinski definition) is 1. The SMILES string of the molecule is [B]C([B])([B])c1c2c(nn1C1CCOC3(CC3)C1)OCCCn1nc(Cl)c3cnc(nc31)N2. The Bertz CT molecular complexity index is 1200. The maximum atomic E-state index is 6.25. The van der Waals surface area contributed by atoms with Gasteiger partial charge in [0.15, 0.2) is 10.8 Å². The van der Waals surface area contributed by atoms with Crippen LogP contribution in [0.4, 0.5) is 11.6 Å². The first kappa shape index (κ1) is 20.4. The van der Waals surface area contributed by atoms with Gasteiger partial charge in [-0.05, 0) is 25.7 Å². The van der Waals surface area contributed by atoms with Gasteiger partial charge in [0.2, 0.25) is 5.95 Å². The van der Waals surface area contributed by atoms with E-state index in [1.54, 1.807) is 10.9 Å². The summed E-state index contributed by atoms with van der Waals surface area (Å²) in [6, 6.07) is 0.0470.